The first-order valence-corrected chi connectivity index (χ1v) is 17.3. The topological polar surface area (TPSA) is 205 Å². The minimum absolute atomic E-state index is 0.125. The highest BCUT2D eigenvalue weighted by atomic mass is 19.1. The molecule has 0 saturated heterocycles. The molecule has 0 radical (unpaired) electrons. The molecular weight excluding hydrogens is 682 g/mol. The lowest BCUT2D eigenvalue weighted by Crippen LogP contribution is -2.49. The summed E-state index contributed by atoms with van der Waals surface area (Å²) in [4.78, 5) is 38.5. The van der Waals surface area contributed by atoms with E-state index in [2.05, 4.69) is 60.9 Å². The number of halogens is 2. The zero-order valence-electron chi connectivity index (χ0n) is 28.6. The molecule has 0 bridgehead atoms. The first-order valence-electron chi connectivity index (χ1n) is 17.3. The number of hydrogen-bond donors (Lipinski definition) is 5. The van der Waals surface area contributed by atoms with Crippen LogP contribution in [0.4, 0.5) is 32.3 Å². The highest BCUT2D eigenvalue weighted by molar-refractivity contribution is 5.92. The maximum absolute atomic E-state index is 15.0. The van der Waals surface area contributed by atoms with Crippen LogP contribution in [0.1, 0.15) is 49.9 Å². The molecule has 0 aromatic carbocycles. The van der Waals surface area contributed by atoms with Gasteiger partial charge in [-0.15, -0.1) is 20.4 Å². The monoisotopic (exact) mass is 718 g/mol. The molecule has 6 aromatic rings. The molecule has 1 amide bonds. The number of carbonyl (C=O) groups is 1. The minimum Gasteiger partial charge on any atom is -0.369 e. The molecule has 2 fully saturated rings. The van der Waals surface area contributed by atoms with E-state index in [-0.39, 0.29) is 47.9 Å². The van der Waals surface area contributed by atoms with Gasteiger partial charge in [-0.05, 0) is 74.2 Å². The summed E-state index contributed by atoms with van der Waals surface area (Å²) in [5, 5.41) is 23.5. The van der Waals surface area contributed by atoms with Crippen molar-refractivity contribution in [1.29, 1.82) is 0 Å². The summed E-state index contributed by atoms with van der Waals surface area (Å²) < 4.78 is 29.6. The third kappa shape index (κ3) is 6.84. The van der Waals surface area contributed by atoms with Crippen molar-refractivity contribution in [3.8, 4) is 22.8 Å². The second-order valence-electron chi connectivity index (χ2n) is 13.6. The minimum atomic E-state index is -0.604. The number of aromatic nitrogens is 10. The fourth-order valence-corrected chi connectivity index (χ4v) is 7.09. The molecule has 15 nitrogen and oxygen atoms in total. The number of nitrogen functional groups attached to an aromatic ring is 1. The molecule has 2 saturated carbocycles. The van der Waals surface area contributed by atoms with E-state index in [1.807, 2.05) is 0 Å². The van der Waals surface area contributed by atoms with E-state index in [0.29, 0.717) is 65.2 Å². The maximum atomic E-state index is 15.0. The van der Waals surface area contributed by atoms with E-state index < -0.39 is 5.41 Å². The lowest BCUT2D eigenvalue weighted by atomic mass is 9.66. The van der Waals surface area contributed by atoms with Gasteiger partial charge in [0.15, 0.2) is 11.8 Å². The van der Waals surface area contributed by atoms with Crippen LogP contribution in [0.2, 0.25) is 0 Å². The molecule has 17 heteroatoms. The molecule has 0 unspecified atom stereocenters. The van der Waals surface area contributed by atoms with Gasteiger partial charge in [-0.1, -0.05) is 12.8 Å². The molecule has 6 aromatic heterocycles. The van der Waals surface area contributed by atoms with Crippen molar-refractivity contribution in [2.75, 3.05) is 40.9 Å². The lowest BCUT2D eigenvalue weighted by Gasteiger charge is -2.44. The van der Waals surface area contributed by atoms with Crippen molar-refractivity contribution in [3.63, 3.8) is 0 Å². The van der Waals surface area contributed by atoms with Crippen LogP contribution in [0.15, 0.2) is 73.3 Å². The summed E-state index contributed by atoms with van der Waals surface area (Å²) in [5.74, 6) is 0.367. The van der Waals surface area contributed by atoms with Crippen molar-refractivity contribution >= 4 is 29.4 Å². The van der Waals surface area contributed by atoms with Crippen LogP contribution >= 0.6 is 0 Å². The van der Waals surface area contributed by atoms with Gasteiger partial charge in [0, 0.05) is 48.7 Å². The van der Waals surface area contributed by atoms with Gasteiger partial charge in [0.2, 0.25) is 11.9 Å². The molecule has 53 heavy (non-hydrogen) atoms. The van der Waals surface area contributed by atoms with Crippen LogP contribution in [-0.4, -0.2) is 75.8 Å². The standard InChI is InChI=1S/C36H36F2N14O/c37-22-5-1-15-40-31(22)35(11-3-12-35)20-44-28-9-7-24(48-50-28)27-18-43-34(46-27)47-30(53)19-52(21-36(13-4-14-36)32-23(38)6-2-16-41-32)29-10-8-25(49-51-29)26-17-42-33(39)45-26/h1-2,5-10,15-18H,3-4,11-14,19-21H2,(H,44,50)(H3,39,42,45)(H2,43,46,47,53). The number of carbonyl (C=O) groups excluding carboxylic acids is 1. The van der Waals surface area contributed by atoms with E-state index in [1.165, 1.54) is 12.1 Å². The van der Waals surface area contributed by atoms with Crippen LogP contribution in [-0.2, 0) is 15.6 Å². The summed E-state index contributed by atoms with van der Waals surface area (Å²) in [6.07, 6.45) is 11.5. The van der Waals surface area contributed by atoms with Crippen molar-refractivity contribution in [2.45, 2.75) is 49.4 Å². The third-order valence-electron chi connectivity index (χ3n) is 10.2. The predicted octanol–water partition coefficient (Wildman–Crippen LogP) is 4.80. The van der Waals surface area contributed by atoms with Crippen molar-refractivity contribution in [2.24, 2.45) is 0 Å². The van der Waals surface area contributed by atoms with Gasteiger partial charge in [0.25, 0.3) is 0 Å². The second kappa shape index (κ2) is 14.0. The molecule has 270 valence electrons. The van der Waals surface area contributed by atoms with Gasteiger partial charge in [0.05, 0.1) is 17.9 Å². The molecule has 2 aliphatic carbocycles. The van der Waals surface area contributed by atoms with Gasteiger partial charge in [-0.25, -0.2) is 18.7 Å². The molecule has 2 aliphatic rings. The Morgan fingerprint density at radius 3 is 1.98 bits per heavy atom. The summed E-state index contributed by atoms with van der Waals surface area (Å²) in [6, 6.07) is 13.0. The number of amides is 1. The average molecular weight is 719 g/mol. The molecule has 0 aliphatic heterocycles. The van der Waals surface area contributed by atoms with Crippen molar-refractivity contribution in [1.82, 2.24) is 50.3 Å². The Balaban J connectivity index is 0.950. The van der Waals surface area contributed by atoms with Gasteiger partial charge < -0.3 is 25.9 Å². The van der Waals surface area contributed by atoms with E-state index in [0.717, 1.165) is 25.7 Å². The summed E-state index contributed by atoms with van der Waals surface area (Å²) >= 11 is 0. The Morgan fingerprint density at radius 2 is 1.42 bits per heavy atom. The quantitative estimate of drug-likeness (QED) is 0.109. The number of nitrogens with one attached hydrogen (secondary N) is 4. The average Bonchev–Trinajstić information content (AvgIpc) is 3.79. The molecule has 0 spiro atoms. The number of pyridine rings is 2. The van der Waals surface area contributed by atoms with Gasteiger partial charge in [-0.2, -0.15) is 0 Å². The summed E-state index contributed by atoms with van der Waals surface area (Å²) in [5.41, 5.74) is 7.58. The van der Waals surface area contributed by atoms with Crippen LogP contribution in [0.3, 0.4) is 0 Å². The Kier molecular flexibility index (Phi) is 8.89. The van der Waals surface area contributed by atoms with Crippen LogP contribution < -0.4 is 21.3 Å². The third-order valence-corrected chi connectivity index (χ3v) is 10.2. The Morgan fingerprint density at radius 1 is 0.774 bits per heavy atom. The lowest BCUT2D eigenvalue weighted by molar-refractivity contribution is -0.115. The molecule has 6 heterocycles. The Bertz CT molecular complexity index is 2210. The Hall–Kier alpha value is -6.39. The number of aromatic amines is 2. The summed E-state index contributed by atoms with van der Waals surface area (Å²) in [7, 11) is 0. The number of anilines is 4. The number of H-pyrrole nitrogens is 2. The fourth-order valence-electron chi connectivity index (χ4n) is 7.09. The summed E-state index contributed by atoms with van der Waals surface area (Å²) in [6.45, 7) is 0.645. The number of rotatable bonds is 13. The van der Waals surface area contributed by atoms with Gasteiger partial charge in [-0.3, -0.25) is 20.1 Å². The smallest absolute Gasteiger partial charge is 0.246 e. The zero-order valence-corrected chi connectivity index (χ0v) is 28.6. The van der Waals surface area contributed by atoms with Gasteiger partial charge >= 0.3 is 0 Å². The van der Waals surface area contributed by atoms with E-state index in [4.69, 9.17) is 5.73 Å². The number of imidazole rings is 2. The normalized spacial score (nSPS) is 15.6. The van der Waals surface area contributed by atoms with E-state index in [1.54, 1.807) is 66.1 Å². The van der Waals surface area contributed by atoms with Crippen LogP contribution in [0, 0.1) is 11.6 Å². The first-order chi connectivity index (χ1) is 25.8. The highest BCUT2D eigenvalue weighted by Gasteiger charge is 2.44. The maximum Gasteiger partial charge on any atom is 0.246 e. The van der Waals surface area contributed by atoms with Crippen molar-refractivity contribution in [3.05, 3.63) is 96.3 Å². The molecule has 6 N–H and O–H groups in total. The largest absolute Gasteiger partial charge is 0.369 e. The highest BCUT2D eigenvalue weighted by Crippen LogP contribution is 2.45. The van der Waals surface area contributed by atoms with E-state index >= 15 is 4.39 Å². The van der Waals surface area contributed by atoms with Gasteiger partial charge in [0.1, 0.15) is 40.2 Å². The molecule has 8 rings (SSSR count). The predicted molar refractivity (Wildman–Crippen MR) is 192 cm³/mol. The molecular formula is C36H36F2N14O. The molecule has 0 atom stereocenters. The first kappa shape index (κ1) is 33.7. The van der Waals surface area contributed by atoms with E-state index in [9.17, 15) is 9.18 Å². The fraction of sp³-hybridized carbons (Fsp3) is 0.306. The Labute approximate surface area is 302 Å². The zero-order chi connectivity index (χ0) is 36.4. The van der Waals surface area contributed by atoms with Crippen LogP contribution in [0.5, 0.6) is 0 Å². The van der Waals surface area contributed by atoms with Crippen LogP contribution in [0.25, 0.3) is 22.8 Å². The SMILES string of the molecule is Nc1nc(-c2ccc(N(CC(=O)Nc3nc(-c4ccc(NCC5(c6ncccc6F)CCC5)nn4)c[nH]3)CC3(c4ncccc4F)CCC3)nn2)c[nH]1. The number of nitrogens with two attached hydrogens (primary N) is 1. The number of nitrogens with zero attached hydrogens (tertiary/aromatic N) is 9. The second-order valence-corrected chi connectivity index (χ2v) is 13.6. The number of hydrogen-bond acceptors (Lipinski definition) is 12. The van der Waals surface area contributed by atoms with Crippen molar-refractivity contribution < 1.29 is 13.6 Å².